The average Bonchev–Trinajstić information content (AvgIpc) is 2.50. The first kappa shape index (κ1) is 15.5. The van der Waals surface area contributed by atoms with Crippen molar-refractivity contribution < 1.29 is 0 Å². The zero-order valence-electron chi connectivity index (χ0n) is 14.3. The highest BCUT2D eigenvalue weighted by molar-refractivity contribution is 5.89. The van der Waals surface area contributed by atoms with Crippen molar-refractivity contribution in [3.05, 3.63) is 47.5 Å². The molecule has 118 valence electrons. The van der Waals surface area contributed by atoms with Crippen molar-refractivity contribution in [3.8, 4) is 0 Å². The Morgan fingerprint density at radius 2 is 1.59 bits per heavy atom. The summed E-state index contributed by atoms with van der Waals surface area (Å²) in [6.07, 6.45) is 0. The van der Waals surface area contributed by atoms with Gasteiger partial charge >= 0.3 is 0 Å². The molecule has 1 fully saturated rings. The van der Waals surface area contributed by atoms with E-state index in [1.807, 2.05) is 0 Å². The minimum absolute atomic E-state index is 0.218. The molecule has 0 aliphatic carbocycles. The van der Waals surface area contributed by atoms with E-state index < -0.39 is 0 Å². The Bertz CT molecular complexity index is 648. The van der Waals surface area contributed by atoms with Crippen LogP contribution in [0.4, 0.5) is 0 Å². The average molecular weight is 296 g/mol. The van der Waals surface area contributed by atoms with Gasteiger partial charge in [0.05, 0.1) is 0 Å². The van der Waals surface area contributed by atoms with Gasteiger partial charge in [0.2, 0.25) is 0 Å². The van der Waals surface area contributed by atoms with Crippen molar-refractivity contribution in [2.45, 2.75) is 33.7 Å². The second kappa shape index (κ2) is 6.02. The maximum Gasteiger partial charge on any atom is 0.0403 e. The Labute approximate surface area is 134 Å². The van der Waals surface area contributed by atoms with Crippen LogP contribution in [0, 0.1) is 12.3 Å². The molecule has 1 aliphatic heterocycles. The third-order valence-electron chi connectivity index (χ3n) is 4.81. The monoisotopic (exact) mass is 296 g/mol. The standard InChI is InChI=1S/C20H28N2/c1-15-9-10-18(17-8-6-5-7-16(15)17)19(20(2,3)4)22-13-11-21-12-14-22/h5-10,19,21H,11-14H2,1-4H3/t19-/m1/s1. The van der Waals surface area contributed by atoms with E-state index in [0.717, 1.165) is 26.2 Å². The first-order valence-corrected chi connectivity index (χ1v) is 8.41. The largest absolute Gasteiger partial charge is 0.314 e. The van der Waals surface area contributed by atoms with E-state index in [1.54, 1.807) is 0 Å². The Morgan fingerprint density at radius 3 is 2.23 bits per heavy atom. The predicted octanol–water partition coefficient (Wildman–Crippen LogP) is 4.14. The van der Waals surface area contributed by atoms with Crippen molar-refractivity contribution in [2.24, 2.45) is 5.41 Å². The van der Waals surface area contributed by atoms with Crippen molar-refractivity contribution in [1.82, 2.24) is 10.2 Å². The predicted molar refractivity (Wildman–Crippen MR) is 95.3 cm³/mol. The van der Waals surface area contributed by atoms with E-state index in [4.69, 9.17) is 0 Å². The lowest BCUT2D eigenvalue weighted by Crippen LogP contribution is -2.48. The number of rotatable bonds is 2. The molecular weight excluding hydrogens is 268 g/mol. The van der Waals surface area contributed by atoms with Gasteiger partial charge < -0.3 is 5.32 Å². The summed E-state index contributed by atoms with van der Waals surface area (Å²) in [7, 11) is 0. The van der Waals surface area contributed by atoms with Gasteiger partial charge in [-0.3, -0.25) is 4.90 Å². The van der Waals surface area contributed by atoms with Crippen LogP contribution in [-0.2, 0) is 0 Å². The van der Waals surface area contributed by atoms with Crippen LogP contribution in [0.3, 0.4) is 0 Å². The molecule has 1 atom stereocenters. The topological polar surface area (TPSA) is 15.3 Å². The fraction of sp³-hybridized carbons (Fsp3) is 0.500. The van der Waals surface area contributed by atoms with E-state index in [1.165, 1.54) is 21.9 Å². The highest BCUT2D eigenvalue weighted by atomic mass is 15.2. The van der Waals surface area contributed by atoms with Gasteiger partial charge in [-0.1, -0.05) is 57.2 Å². The number of aryl methyl sites for hydroxylation is 1. The minimum Gasteiger partial charge on any atom is -0.314 e. The van der Waals surface area contributed by atoms with Crippen LogP contribution in [-0.4, -0.2) is 31.1 Å². The van der Waals surface area contributed by atoms with E-state index in [9.17, 15) is 0 Å². The molecule has 1 N–H and O–H groups in total. The molecule has 0 saturated carbocycles. The first-order valence-electron chi connectivity index (χ1n) is 8.41. The van der Waals surface area contributed by atoms with Crippen LogP contribution in [0.25, 0.3) is 10.8 Å². The summed E-state index contributed by atoms with van der Waals surface area (Å²) < 4.78 is 0. The van der Waals surface area contributed by atoms with Crippen LogP contribution in [0.5, 0.6) is 0 Å². The summed E-state index contributed by atoms with van der Waals surface area (Å²) in [5, 5.41) is 6.29. The quantitative estimate of drug-likeness (QED) is 0.896. The molecule has 0 unspecified atom stereocenters. The maximum atomic E-state index is 3.48. The van der Waals surface area contributed by atoms with E-state index in [2.05, 4.69) is 74.3 Å². The van der Waals surface area contributed by atoms with E-state index in [0.29, 0.717) is 6.04 Å². The smallest absolute Gasteiger partial charge is 0.0403 e. The molecule has 1 saturated heterocycles. The Hall–Kier alpha value is -1.38. The SMILES string of the molecule is Cc1ccc([C@@H](N2CCNCC2)C(C)(C)C)c2ccccc12. The Balaban J connectivity index is 2.14. The van der Waals surface area contributed by atoms with E-state index in [-0.39, 0.29) is 5.41 Å². The summed E-state index contributed by atoms with van der Waals surface area (Å²) in [6, 6.07) is 14.0. The van der Waals surface area contributed by atoms with Gasteiger partial charge in [-0.05, 0) is 34.2 Å². The summed E-state index contributed by atoms with van der Waals surface area (Å²) in [4.78, 5) is 2.66. The first-order chi connectivity index (χ1) is 10.5. The number of piperazine rings is 1. The zero-order chi connectivity index (χ0) is 15.7. The number of fused-ring (bicyclic) bond motifs is 1. The lowest BCUT2D eigenvalue weighted by Gasteiger charge is -2.43. The second-order valence-corrected chi connectivity index (χ2v) is 7.57. The molecule has 0 spiro atoms. The second-order valence-electron chi connectivity index (χ2n) is 7.57. The van der Waals surface area contributed by atoms with Crippen LogP contribution in [0.15, 0.2) is 36.4 Å². The summed E-state index contributed by atoms with van der Waals surface area (Å²) in [5.74, 6) is 0. The summed E-state index contributed by atoms with van der Waals surface area (Å²) >= 11 is 0. The molecule has 1 heterocycles. The van der Waals surface area contributed by atoms with E-state index >= 15 is 0 Å². The molecule has 2 aromatic rings. The fourth-order valence-corrected chi connectivity index (χ4v) is 3.86. The molecule has 0 radical (unpaired) electrons. The Morgan fingerprint density at radius 1 is 0.955 bits per heavy atom. The molecule has 2 aromatic carbocycles. The molecule has 0 bridgehead atoms. The molecular formula is C20H28N2. The van der Waals surface area contributed by atoms with Crippen molar-refractivity contribution in [1.29, 1.82) is 0 Å². The van der Waals surface area contributed by atoms with Crippen LogP contribution in [0.2, 0.25) is 0 Å². The molecule has 2 nitrogen and oxygen atoms in total. The summed E-state index contributed by atoms with van der Waals surface area (Å²) in [5.41, 5.74) is 3.07. The molecule has 0 amide bonds. The van der Waals surface area contributed by atoms with Gasteiger partial charge in [0.25, 0.3) is 0 Å². The van der Waals surface area contributed by atoms with Crippen LogP contribution in [0.1, 0.15) is 37.9 Å². The third kappa shape index (κ3) is 2.90. The fourth-order valence-electron chi connectivity index (χ4n) is 3.86. The van der Waals surface area contributed by atoms with Gasteiger partial charge in [-0.25, -0.2) is 0 Å². The zero-order valence-corrected chi connectivity index (χ0v) is 14.3. The Kier molecular flexibility index (Phi) is 4.24. The molecule has 3 rings (SSSR count). The van der Waals surface area contributed by atoms with Gasteiger partial charge in [-0.2, -0.15) is 0 Å². The number of hydrogen-bond acceptors (Lipinski definition) is 2. The molecule has 2 heteroatoms. The van der Waals surface area contributed by atoms with Gasteiger partial charge in [-0.15, -0.1) is 0 Å². The number of benzene rings is 2. The van der Waals surface area contributed by atoms with Crippen molar-refractivity contribution in [3.63, 3.8) is 0 Å². The number of nitrogens with zero attached hydrogens (tertiary/aromatic N) is 1. The normalized spacial score (nSPS) is 18.5. The van der Waals surface area contributed by atoms with Gasteiger partial charge in [0, 0.05) is 32.2 Å². The third-order valence-corrected chi connectivity index (χ3v) is 4.81. The minimum atomic E-state index is 0.218. The molecule has 1 aliphatic rings. The molecule has 22 heavy (non-hydrogen) atoms. The van der Waals surface area contributed by atoms with Crippen LogP contribution >= 0.6 is 0 Å². The lowest BCUT2D eigenvalue weighted by molar-refractivity contribution is 0.0872. The lowest BCUT2D eigenvalue weighted by atomic mass is 9.79. The number of nitrogens with one attached hydrogen (secondary N) is 1. The number of hydrogen-bond donors (Lipinski definition) is 1. The highest BCUT2D eigenvalue weighted by Gasteiger charge is 2.33. The van der Waals surface area contributed by atoms with Gasteiger partial charge in [0.1, 0.15) is 0 Å². The van der Waals surface area contributed by atoms with Gasteiger partial charge in [0.15, 0.2) is 0 Å². The summed E-state index contributed by atoms with van der Waals surface area (Å²) in [6.45, 7) is 13.8. The van der Waals surface area contributed by atoms with Crippen molar-refractivity contribution >= 4 is 10.8 Å². The highest BCUT2D eigenvalue weighted by Crippen LogP contribution is 2.41. The maximum absolute atomic E-state index is 3.48. The van der Waals surface area contributed by atoms with Crippen molar-refractivity contribution in [2.75, 3.05) is 26.2 Å². The van der Waals surface area contributed by atoms with Crippen LogP contribution < -0.4 is 5.32 Å². The molecule has 0 aromatic heterocycles.